The van der Waals surface area contributed by atoms with Crippen molar-refractivity contribution < 1.29 is 0 Å². The minimum absolute atomic E-state index is 0.555. The van der Waals surface area contributed by atoms with Crippen molar-refractivity contribution in [1.82, 2.24) is 19.5 Å². The average Bonchev–Trinajstić information content (AvgIpc) is 3.63. The quantitative estimate of drug-likeness (QED) is 0.0975. The Labute approximate surface area is 343 Å². The van der Waals surface area contributed by atoms with E-state index >= 15 is 0 Å². The van der Waals surface area contributed by atoms with Gasteiger partial charge in [0, 0.05) is 40.0 Å². The van der Waals surface area contributed by atoms with Crippen LogP contribution in [0.15, 0.2) is 224 Å². The van der Waals surface area contributed by atoms with Crippen LogP contribution in [0, 0.1) is 0 Å². The molecule has 0 saturated heterocycles. The Bertz CT molecular complexity index is 3110. The fourth-order valence-corrected chi connectivity index (χ4v) is 7.61. The molecule has 280 valence electrons. The van der Waals surface area contributed by atoms with E-state index < -0.39 is 0 Å². The smallest absolute Gasteiger partial charge is 0.164 e. The van der Waals surface area contributed by atoms with E-state index in [0.717, 1.165) is 33.5 Å². The van der Waals surface area contributed by atoms with Crippen LogP contribution in [0.25, 0.3) is 89.4 Å². The first-order chi connectivity index (χ1) is 29.2. The molecule has 0 aliphatic carbocycles. The van der Waals surface area contributed by atoms with E-state index in [2.05, 4.69) is 156 Å². The van der Waals surface area contributed by atoms with Gasteiger partial charge < -0.3 is 4.57 Å². The number of benzene rings is 7. The molecule has 0 N–H and O–H groups in total. The predicted molar refractivity (Wildman–Crippen MR) is 249 cm³/mol. The number of hydrogen-bond acceptors (Lipinski definition) is 4. The standard InChI is InChI=1S/C54H39N5/c1-3-38(18-16-36-55-4-2)17-15-27-52-56-53(40-19-7-5-8-20-40)58-54(57-52)41-30-28-39(29-31-41)44-33-34-45(47-24-12-11-23-46(44)47)42-32-35-51-49(37-42)48-25-13-14-26-50(48)59(51)43-21-9-6-10-22-43/h3-37H,1-2H2/b18-16+,27-15+,38-17+,55-36?. The van der Waals surface area contributed by atoms with Crippen LogP contribution in [0.5, 0.6) is 0 Å². The monoisotopic (exact) mass is 757 g/mol. The zero-order valence-electron chi connectivity index (χ0n) is 32.4. The van der Waals surface area contributed by atoms with Crippen LogP contribution in [0.1, 0.15) is 5.82 Å². The highest BCUT2D eigenvalue weighted by molar-refractivity contribution is 6.12. The number of aromatic nitrogens is 4. The van der Waals surface area contributed by atoms with Gasteiger partial charge in [-0.2, -0.15) is 0 Å². The number of para-hydroxylation sites is 2. The van der Waals surface area contributed by atoms with Crippen LogP contribution in [-0.4, -0.2) is 25.7 Å². The van der Waals surface area contributed by atoms with Crippen molar-refractivity contribution in [3.63, 3.8) is 0 Å². The molecule has 0 amide bonds. The lowest BCUT2D eigenvalue weighted by molar-refractivity contribution is 1.04. The molecular weight excluding hydrogens is 719 g/mol. The molecule has 0 fully saturated rings. The largest absolute Gasteiger partial charge is 0.309 e. The summed E-state index contributed by atoms with van der Waals surface area (Å²) in [5.41, 5.74) is 10.9. The van der Waals surface area contributed by atoms with Crippen LogP contribution < -0.4 is 0 Å². The maximum absolute atomic E-state index is 4.92. The molecular formula is C54H39N5. The summed E-state index contributed by atoms with van der Waals surface area (Å²) in [6, 6.07) is 57.8. The molecule has 5 nitrogen and oxygen atoms in total. The Morgan fingerprint density at radius 1 is 0.508 bits per heavy atom. The van der Waals surface area contributed by atoms with Gasteiger partial charge >= 0.3 is 0 Å². The Morgan fingerprint density at radius 2 is 1.08 bits per heavy atom. The molecule has 59 heavy (non-hydrogen) atoms. The summed E-state index contributed by atoms with van der Waals surface area (Å²) in [4.78, 5) is 18.6. The molecule has 5 heteroatoms. The topological polar surface area (TPSA) is 56.0 Å². The molecule has 0 aliphatic rings. The van der Waals surface area contributed by atoms with Crippen LogP contribution in [-0.2, 0) is 0 Å². The molecule has 0 spiro atoms. The average molecular weight is 758 g/mol. The van der Waals surface area contributed by atoms with Gasteiger partial charge in [0.2, 0.25) is 0 Å². The van der Waals surface area contributed by atoms with Crippen molar-refractivity contribution in [2.24, 2.45) is 4.99 Å². The lowest BCUT2D eigenvalue weighted by Crippen LogP contribution is -1.99. The summed E-state index contributed by atoms with van der Waals surface area (Å²) < 4.78 is 2.36. The third-order valence-electron chi connectivity index (χ3n) is 10.4. The maximum atomic E-state index is 4.92. The van der Waals surface area contributed by atoms with E-state index in [4.69, 9.17) is 15.0 Å². The molecule has 0 atom stereocenters. The molecule has 7 aromatic carbocycles. The minimum Gasteiger partial charge on any atom is -0.309 e. The zero-order chi connectivity index (χ0) is 40.0. The van der Waals surface area contributed by atoms with E-state index in [1.807, 2.05) is 60.7 Å². The fraction of sp³-hybridized carbons (Fsp3) is 0. The van der Waals surface area contributed by atoms with Gasteiger partial charge in [0.05, 0.1) is 11.0 Å². The minimum atomic E-state index is 0.555. The van der Waals surface area contributed by atoms with Gasteiger partial charge in [-0.05, 0) is 81.1 Å². The van der Waals surface area contributed by atoms with Crippen LogP contribution >= 0.6 is 0 Å². The summed E-state index contributed by atoms with van der Waals surface area (Å²) in [6.07, 6.45) is 14.5. The molecule has 0 radical (unpaired) electrons. The Balaban J connectivity index is 1.07. The summed E-state index contributed by atoms with van der Waals surface area (Å²) in [5, 5.41) is 4.87. The molecule has 2 aromatic heterocycles. The van der Waals surface area contributed by atoms with Crippen LogP contribution in [0.2, 0.25) is 0 Å². The van der Waals surface area contributed by atoms with Gasteiger partial charge in [-0.15, -0.1) is 0 Å². The van der Waals surface area contributed by atoms with Gasteiger partial charge in [0.15, 0.2) is 17.5 Å². The molecule has 9 aromatic rings. The normalized spacial score (nSPS) is 12.1. The van der Waals surface area contributed by atoms with E-state index in [-0.39, 0.29) is 0 Å². The van der Waals surface area contributed by atoms with Gasteiger partial charge in [0.25, 0.3) is 0 Å². The van der Waals surface area contributed by atoms with Crippen LogP contribution in [0.3, 0.4) is 0 Å². The molecule has 9 rings (SSSR count). The number of allylic oxidation sites excluding steroid dienone is 6. The van der Waals surface area contributed by atoms with Crippen molar-refractivity contribution in [1.29, 1.82) is 0 Å². The predicted octanol–water partition coefficient (Wildman–Crippen LogP) is 13.7. The van der Waals surface area contributed by atoms with Gasteiger partial charge in [-0.25, -0.2) is 15.0 Å². The van der Waals surface area contributed by atoms with E-state index in [9.17, 15) is 0 Å². The first-order valence-corrected chi connectivity index (χ1v) is 19.5. The zero-order valence-corrected chi connectivity index (χ0v) is 32.4. The molecule has 0 aliphatic heterocycles. The lowest BCUT2D eigenvalue weighted by Gasteiger charge is -2.13. The molecule has 2 heterocycles. The van der Waals surface area contributed by atoms with E-state index in [1.165, 1.54) is 49.9 Å². The summed E-state index contributed by atoms with van der Waals surface area (Å²) >= 11 is 0. The number of nitrogens with zero attached hydrogens (tertiary/aromatic N) is 5. The SMILES string of the molecule is C=CN=C/C=C/C(C=C)=C/C=C/c1nc(-c2ccccc2)nc(-c2ccc(-c3ccc(-c4ccc5c(c4)c4ccccc4n5-c4ccccc4)c4ccccc34)cc2)n1. The first-order valence-electron chi connectivity index (χ1n) is 19.5. The van der Waals surface area contributed by atoms with Crippen LogP contribution in [0.4, 0.5) is 0 Å². The number of fused-ring (bicyclic) bond motifs is 4. The van der Waals surface area contributed by atoms with E-state index in [1.54, 1.807) is 12.3 Å². The summed E-state index contributed by atoms with van der Waals surface area (Å²) in [7, 11) is 0. The second-order valence-corrected chi connectivity index (χ2v) is 14.0. The van der Waals surface area contributed by atoms with Crippen molar-refractivity contribution in [3.05, 3.63) is 225 Å². The maximum Gasteiger partial charge on any atom is 0.164 e. The molecule has 0 bridgehead atoms. The molecule has 0 saturated carbocycles. The van der Waals surface area contributed by atoms with Gasteiger partial charge in [-0.3, -0.25) is 4.99 Å². The lowest BCUT2D eigenvalue weighted by atomic mass is 9.91. The number of hydrogen-bond donors (Lipinski definition) is 0. The number of aliphatic imine (C=N–C) groups is 1. The van der Waals surface area contributed by atoms with Crippen molar-refractivity contribution in [2.75, 3.05) is 0 Å². The third-order valence-corrected chi connectivity index (χ3v) is 10.4. The highest BCUT2D eigenvalue weighted by Crippen LogP contribution is 2.39. The van der Waals surface area contributed by atoms with E-state index in [0.29, 0.717) is 17.5 Å². The van der Waals surface area contributed by atoms with Crippen molar-refractivity contribution in [2.45, 2.75) is 0 Å². The van der Waals surface area contributed by atoms with Gasteiger partial charge in [0.1, 0.15) is 0 Å². The first kappa shape index (κ1) is 36.6. The van der Waals surface area contributed by atoms with Gasteiger partial charge in [-0.1, -0.05) is 171 Å². The Hall–Kier alpha value is -8.02. The fourth-order valence-electron chi connectivity index (χ4n) is 7.61. The highest BCUT2D eigenvalue weighted by atomic mass is 15.0. The Kier molecular flexibility index (Phi) is 10.3. The second kappa shape index (κ2) is 16.6. The number of rotatable bonds is 11. The highest BCUT2D eigenvalue weighted by Gasteiger charge is 2.16. The van der Waals surface area contributed by atoms with Crippen molar-refractivity contribution >= 4 is 44.9 Å². The third kappa shape index (κ3) is 7.49. The summed E-state index contributed by atoms with van der Waals surface area (Å²) in [6.45, 7) is 7.53. The summed E-state index contributed by atoms with van der Waals surface area (Å²) in [5.74, 6) is 1.76. The Morgan fingerprint density at radius 3 is 1.78 bits per heavy atom. The van der Waals surface area contributed by atoms with Crippen molar-refractivity contribution in [3.8, 4) is 50.7 Å². The second-order valence-electron chi connectivity index (χ2n) is 14.0. The molecule has 0 unspecified atom stereocenters.